The Morgan fingerprint density at radius 3 is 2.27 bits per heavy atom. The first-order chi connectivity index (χ1) is 10.6. The Bertz CT molecular complexity index is 636. The van der Waals surface area contributed by atoms with Crippen LogP contribution in [0.25, 0.3) is 0 Å². The van der Waals surface area contributed by atoms with Crippen LogP contribution in [0.15, 0.2) is 42.5 Å². The number of nitrogens with zero attached hydrogens (tertiary/aromatic N) is 1. The van der Waals surface area contributed by atoms with Gasteiger partial charge in [0.2, 0.25) is 0 Å². The van der Waals surface area contributed by atoms with Crippen LogP contribution in [0.4, 0.5) is 5.69 Å². The first kappa shape index (κ1) is 15.8. The Hall–Kier alpha value is -2.60. The van der Waals surface area contributed by atoms with Crippen LogP contribution < -0.4 is 14.8 Å². The number of para-hydroxylation sites is 1. The molecule has 0 radical (unpaired) electrons. The SMILES string of the molecule is COc1cc(C[NH2+]Cc2ccccc2[N+](=O)[O-])cc(OC)c1. The summed E-state index contributed by atoms with van der Waals surface area (Å²) in [6.07, 6.45) is 0. The molecule has 2 aromatic rings. The molecule has 0 bridgehead atoms. The Balaban J connectivity index is 2.04. The topological polar surface area (TPSA) is 78.2 Å². The third kappa shape index (κ3) is 3.95. The van der Waals surface area contributed by atoms with Gasteiger partial charge in [-0.2, -0.15) is 0 Å². The van der Waals surface area contributed by atoms with Gasteiger partial charge < -0.3 is 14.8 Å². The van der Waals surface area contributed by atoms with Gasteiger partial charge >= 0.3 is 0 Å². The molecule has 0 fully saturated rings. The van der Waals surface area contributed by atoms with Crippen LogP contribution in [-0.4, -0.2) is 19.1 Å². The highest BCUT2D eigenvalue weighted by molar-refractivity contribution is 5.39. The zero-order valence-corrected chi connectivity index (χ0v) is 12.6. The summed E-state index contributed by atoms with van der Waals surface area (Å²) in [4.78, 5) is 10.6. The zero-order chi connectivity index (χ0) is 15.9. The van der Waals surface area contributed by atoms with Crippen LogP contribution in [-0.2, 0) is 13.1 Å². The molecule has 22 heavy (non-hydrogen) atoms. The van der Waals surface area contributed by atoms with E-state index in [1.807, 2.05) is 29.6 Å². The maximum Gasteiger partial charge on any atom is 0.278 e. The molecule has 116 valence electrons. The fourth-order valence-electron chi connectivity index (χ4n) is 2.24. The molecule has 0 spiro atoms. The van der Waals surface area contributed by atoms with E-state index in [1.54, 1.807) is 26.4 Å². The standard InChI is InChI=1S/C16H18N2O4/c1-21-14-7-12(8-15(9-14)22-2)10-17-11-13-5-3-4-6-16(13)18(19)20/h3-9,17H,10-11H2,1-2H3/p+1. The van der Waals surface area contributed by atoms with Crippen LogP contribution in [0, 0.1) is 10.1 Å². The number of benzene rings is 2. The Morgan fingerprint density at radius 2 is 1.68 bits per heavy atom. The van der Waals surface area contributed by atoms with Crippen molar-refractivity contribution in [3.8, 4) is 11.5 Å². The largest absolute Gasteiger partial charge is 0.497 e. The molecule has 6 nitrogen and oxygen atoms in total. The summed E-state index contributed by atoms with van der Waals surface area (Å²) in [5.41, 5.74) is 1.90. The van der Waals surface area contributed by atoms with E-state index in [0.29, 0.717) is 18.7 Å². The Morgan fingerprint density at radius 1 is 1.05 bits per heavy atom. The third-order valence-corrected chi connectivity index (χ3v) is 3.34. The molecule has 0 amide bonds. The van der Waals surface area contributed by atoms with Gasteiger partial charge in [0, 0.05) is 17.7 Å². The first-order valence-electron chi connectivity index (χ1n) is 6.90. The molecular formula is C16H19N2O4+. The van der Waals surface area contributed by atoms with Crippen molar-refractivity contribution in [1.82, 2.24) is 0 Å². The monoisotopic (exact) mass is 303 g/mol. The summed E-state index contributed by atoms with van der Waals surface area (Å²) in [7, 11) is 3.21. The van der Waals surface area contributed by atoms with Gasteiger partial charge in [0.05, 0.1) is 24.7 Å². The first-order valence-corrected chi connectivity index (χ1v) is 6.90. The average molecular weight is 303 g/mol. The molecule has 2 N–H and O–H groups in total. The lowest BCUT2D eigenvalue weighted by molar-refractivity contribution is -0.686. The van der Waals surface area contributed by atoms with Crippen molar-refractivity contribution in [2.75, 3.05) is 14.2 Å². The quantitative estimate of drug-likeness (QED) is 0.625. The molecule has 2 rings (SSSR count). The summed E-state index contributed by atoms with van der Waals surface area (Å²) in [5, 5.41) is 13.0. The van der Waals surface area contributed by atoms with Gasteiger partial charge in [-0.1, -0.05) is 12.1 Å². The number of nitrogens with two attached hydrogens (primary N) is 1. The van der Waals surface area contributed by atoms with Gasteiger partial charge in [0.1, 0.15) is 24.6 Å². The number of nitro groups is 1. The maximum absolute atomic E-state index is 11.0. The number of methoxy groups -OCH3 is 2. The van der Waals surface area contributed by atoms with Crippen LogP contribution in [0.2, 0.25) is 0 Å². The molecule has 0 saturated carbocycles. The van der Waals surface area contributed by atoms with Gasteiger partial charge in [-0.15, -0.1) is 0 Å². The predicted molar refractivity (Wildman–Crippen MR) is 82.0 cm³/mol. The van der Waals surface area contributed by atoms with Crippen LogP contribution in [0.1, 0.15) is 11.1 Å². The van der Waals surface area contributed by atoms with Crippen molar-refractivity contribution in [1.29, 1.82) is 0 Å². The van der Waals surface area contributed by atoms with E-state index >= 15 is 0 Å². The summed E-state index contributed by atoms with van der Waals surface area (Å²) in [6, 6.07) is 12.5. The van der Waals surface area contributed by atoms with Crippen LogP contribution in [0.5, 0.6) is 11.5 Å². The Kier molecular flexibility index (Phi) is 5.32. The molecule has 0 aliphatic rings. The molecule has 0 unspecified atom stereocenters. The van der Waals surface area contributed by atoms with Gasteiger partial charge in [0.25, 0.3) is 5.69 Å². The highest BCUT2D eigenvalue weighted by Gasteiger charge is 2.13. The van der Waals surface area contributed by atoms with Gasteiger partial charge in [0.15, 0.2) is 0 Å². The molecule has 0 saturated heterocycles. The lowest BCUT2D eigenvalue weighted by atomic mass is 10.1. The second-order valence-electron chi connectivity index (χ2n) is 4.80. The summed E-state index contributed by atoms with van der Waals surface area (Å²) in [5.74, 6) is 1.46. The van der Waals surface area contributed by atoms with Gasteiger partial charge in [-0.25, -0.2) is 0 Å². The van der Waals surface area contributed by atoms with Crippen molar-refractivity contribution < 1.29 is 19.7 Å². The minimum absolute atomic E-state index is 0.155. The molecule has 2 aromatic carbocycles. The van der Waals surface area contributed by atoms with E-state index in [2.05, 4.69) is 0 Å². The number of hydrogen-bond acceptors (Lipinski definition) is 4. The van der Waals surface area contributed by atoms with E-state index in [4.69, 9.17) is 9.47 Å². The minimum atomic E-state index is -0.349. The zero-order valence-electron chi connectivity index (χ0n) is 12.6. The summed E-state index contributed by atoms with van der Waals surface area (Å²) < 4.78 is 10.5. The molecule has 0 atom stereocenters. The second kappa shape index (κ2) is 7.42. The highest BCUT2D eigenvalue weighted by Crippen LogP contribution is 2.22. The highest BCUT2D eigenvalue weighted by atomic mass is 16.6. The minimum Gasteiger partial charge on any atom is -0.497 e. The van der Waals surface area contributed by atoms with Crippen molar-refractivity contribution >= 4 is 5.69 Å². The summed E-state index contributed by atoms with van der Waals surface area (Å²) in [6.45, 7) is 1.22. The smallest absolute Gasteiger partial charge is 0.278 e. The predicted octanol–water partition coefficient (Wildman–Crippen LogP) is 1.88. The van der Waals surface area contributed by atoms with Crippen molar-refractivity contribution in [3.05, 3.63) is 63.7 Å². The number of rotatable bonds is 7. The number of hydrogen-bond donors (Lipinski definition) is 1. The van der Waals surface area contributed by atoms with Crippen molar-refractivity contribution in [2.24, 2.45) is 0 Å². The molecule has 0 aliphatic carbocycles. The fraction of sp³-hybridized carbons (Fsp3) is 0.250. The lowest BCUT2D eigenvalue weighted by Crippen LogP contribution is -2.80. The third-order valence-electron chi connectivity index (χ3n) is 3.34. The van der Waals surface area contributed by atoms with E-state index < -0.39 is 0 Å². The molecular weight excluding hydrogens is 284 g/mol. The number of ether oxygens (including phenoxy) is 2. The number of nitro benzene ring substituents is 1. The van der Waals surface area contributed by atoms with E-state index in [0.717, 1.165) is 17.1 Å². The van der Waals surface area contributed by atoms with Crippen LogP contribution in [0.3, 0.4) is 0 Å². The number of quaternary nitrogens is 1. The maximum atomic E-state index is 11.0. The van der Waals surface area contributed by atoms with Gasteiger partial charge in [-0.05, 0) is 18.2 Å². The normalized spacial score (nSPS) is 10.3. The second-order valence-corrected chi connectivity index (χ2v) is 4.80. The van der Waals surface area contributed by atoms with E-state index in [-0.39, 0.29) is 10.6 Å². The van der Waals surface area contributed by atoms with Crippen molar-refractivity contribution in [2.45, 2.75) is 13.1 Å². The fourth-order valence-corrected chi connectivity index (χ4v) is 2.24. The van der Waals surface area contributed by atoms with E-state index in [1.165, 1.54) is 6.07 Å². The van der Waals surface area contributed by atoms with Crippen LogP contribution >= 0.6 is 0 Å². The summed E-state index contributed by atoms with van der Waals surface area (Å²) >= 11 is 0. The molecule has 0 aromatic heterocycles. The van der Waals surface area contributed by atoms with Gasteiger partial charge in [-0.3, -0.25) is 10.1 Å². The molecule has 6 heteroatoms. The Labute approximate surface area is 128 Å². The lowest BCUT2D eigenvalue weighted by Gasteiger charge is -2.08. The molecule has 0 heterocycles. The van der Waals surface area contributed by atoms with Crippen molar-refractivity contribution in [3.63, 3.8) is 0 Å². The average Bonchev–Trinajstić information content (AvgIpc) is 2.54. The van der Waals surface area contributed by atoms with E-state index in [9.17, 15) is 10.1 Å². The molecule has 0 aliphatic heterocycles.